The van der Waals surface area contributed by atoms with Crippen molar-refractivity contribution in [2.45, 2.75) is 11.3 Å². The second kappa shape index (κ2) is 9.75. The predicted octanol–water partition coefficient (Wildman–Crippen LogP) is 4.45. The van der Waals surface area contributed by atoms with E-state index in [0.29, 0.717) is 5.56 Å². The number of amides is 1. The lowest BCUT2D eigenvalue weighted by Gasteiger charge is -2.10. The minimum atomic E-state index is -4.15. The van der Waals surface area contributed by atoms with Crippen LogP contribution in [0.1, 0.15) is 11.1 Å². The first-order valence-electron chi connectivity index (χ1n) is 8.69. The van der Waals surface area contributed by atoms with Crippen LogP contribution >= 0.6 is 23.2 Å². The van der Waals surface area contributed by atoms with Gasteiger partial charge >= 0.3 is 10.1 Å². The van der Waals surface area contributed by atoms with Crippen LogP contribution in [0, 0.1) is 0 Å². The third kappa shape index (κ3) is 5.82. The summed E-state index contributed by atoms with van der Waals surface area (Å²) in [4.78, 5) is 11.8. The maximum Gasteiger partial charge on any atom is 0.339 e. The van der Waals surface area contributed by atoms with Crippen LogP contribution < -0.4 is 9.61 Å². The van der Waals surface area contributed by atoms with Gasteiger partial charge in [0.15, 0.2) is 5.75 Å². The Bertz CT molecular complexity index is 1180. The second-order valence-corrected chi connectivity index (χ2v) is 8.47. The fourth-order valence-electron chi connectivity index (χ4n) is 2.46. The molecule has 0 radical (unpaired) electrons. The molecule has 0 heterocycles. The predicted molar refractivity (Wildman–Crippen MR) is 117 cm³/mol. The van der Waals surface area contributed by atoms with Gasteiger partial charge in [-0.05, 0) is 35.9 Å². The smallest absolute Gasteiger partial charge is 0.339 e. The van der Waals surface area contributed by atoms with Gasteiger partial charge in [-0.15, -0.1) is 0 Å². The molecule has 0 aliphatic heterocycles. The molecular weight excluding hydrogens is 447 g/mol. The van der Waals surface area contributed by atoms with Gasteiger partial charge in [0.25, 0.3) is 0 Å². The Morgan fingerprint density at radius 2 is 1.67 bits per heavy atom. The van der Waals surface area contributed by atoms with Crippen molar-refractivity contribution in [3.63, 3.8) is 0 Å². The molecule has 0 saturated carbocycles. The Labute approximate surface area is 184 Å². The zero-order valence-corrected chi connectivity index (χ0v) is 17.8. The number of para-hydroxylation sites is 1. The molecule has 0 aliphatic carbocycles. The van der Waals surface area contributed by atoms with Crippen molar-refractivity contribution < 1.29 is 17.4 Å². The first kappa shape index (κ1) is 21.8. The van der Waals surface area contributed by atoms with Gasteiger partial charge in [-0.3, -0.25) is 4.79 Å². The SMILES string of the molecule is O=C(Cc1ccccc1)NN=Cc1ccccc1OS(=O)(=O)c1ccc(Cl)c(Cl)c1. The molecule has 0 unspecified atom stereocenters. The van der Waals surface area contributed by atoms with Gasteiger partial charge in [0, 0.05) is 5.56 Å². The molecule has 30 heavy (non-hydrogen) atoms. The molecule has 154 valence electrons. The number of nitrogens with zero attached hydrogens (tertiary/aromatic N) is 1. The van der Waals surface area contributed by atoms with Crippen LogP contribution in [-0.2, 0) is 21.3 Å². The number of hydrazone groups is 1. The summed E-state index contributed by atoms with van der Waals surface area (Å²) in [5, 5.41) is 4.21. The molecular formula is C21H16Cl2N2O4S. The second-order valence-electron chi connectivity index (χ2n) is 6.11. The summed E-state index contributed by atoms with van der Waals surface area (Å²) in [7, 11) is -4.15. The molecule has 1 amide bonds. The molecule has 6 nitrogen and oxygen atoms in total. The van der Waals surface area contributed by atoms with Crippen LogP contribution in [0.15, 0.2) is 82.8 Å². The van der Waals surface area contributed by atoms with Crippen molar-refractivity contribution in [1.29, 1.82) is 0 Å². The first-order chi connectivity index (χ1) is 14.3. The Morgan fingerprint density at radius 1 is 0.967 bits per heavy atom. The number of carbonyl (C=O) groups is 1. The van der Waals surface area contributed by atoms with E-state index < -0.39 is 10.1 Å². The minimum absolute atomic E-state index is 0.0460. The Balaban J connectivity index is 1.71. The summed E-state index contributed by atoms with van der Waals surface area (Å²) in [6.07, 6.45) is 1.48. The molecule has 0 fully saturated rings. The van der Waals surface area contributed by atoms with E-state index in [4.69, 9.17) is 27.4 Å². The Hall–Kier alpha value is -2.87. The molecule has 1 N–H and O–H groups in total. The van der Waals surface area contributed by atoms with E-state index in [-0.39, 0.29) is 33.0 Å². The summed E-state index contributed by atoms with van der Waals surface area (Å²) in [6, 6.07) is 19.5. The van der Waals surface area contributed by atoms with E-state index in [9.17, 15) is 13.2 Å². The number of nitrogens with one attached hydrogen (secondary N) is 1. The molecule has 0 atom stereocenters. The van der Waals surface area contributed by atoms with E-state index in [2.05, 4.69) is 10.5 Å². The van der Waals surface area contributed by atoms with E-state index in [1.165, 1.54) is 30.5 Å². The fraction of sp³-hybridized carbons (Fsp3) is 0.0476. The fourth-order valence-corrected chi connectivity index (χ4v) is 3.80. The molecule has 0 spiro atoms. The average molecular weight is 463 g/mol. The monoisotopic (exact) mass is 462 g/mol. The summed E-state index contributed by atoms with van der Waals surface area (Å²) < 4.78 is 30.4. The van der Waals surface area contributed by atoms with Crippen molar-refractivity contribution >= 4 is 45.4 Å². The molecule has 9 heteroatoms. The quantitative estimate of drug-likeness (QED) is 0.319. The summed E-state index contributed by atoms with van der Waals surface area (Å²) >= 11 is 11.7. The van der Waals surface area contributed by atoms with Gasteiger partial charge in [-0.2, -0.15) is 13.5 Å². The largest absolute Gasteiger partial charge is 0.378 e. The highest BCUT2D eigenvalue weighted by Crippen LogP contribution is 2.27. The van der Waals surface area contributed by atoms with Crippen molar-refractivity contribution in [3.8, 4) is 5.75 Å². The number of rotatable bonds is 7. The van der Waals surface area contributed by atoms with E-state index in [1.807, 2.05) is 30.3 Å². The van der Waals surface area contributed by atoms with Gasteiger partial charge in [-0.1, -0.05) is 65.7 Å². The van der Waals surface area contributed by atoms with Crippen LogP contribution in [-0.4, -0.2) is 20.5 Å². The van der Waals surface area contributed by atoms with E-state index in [1.54, 1.807) is 18.2 Å². The summed E-state index contributed by atoms with van der Waals surface area (Å²) in [5.74, 6) is -0.260. The molecule has 0 saturated heterocycles. The van der Waals surface area contributed by atoms with Crippen LogP contribution in [0.4, 0.5) is 0 Å². The maximum atomic E-state index is 12.6. The topological polar surface area (TPSA) is 84.8 Å². The van der Waals surface area contributed by atoms with Crippen LogP contribution in [0.25, 0.3) is 0 Å². The first-order valence-corrected chi connectivity index (χ1v) is 10.9. The van der Waals surface area contributed by atoms with Crippen molar-refractivity contribution in [2.24, 2.45) is 5.10 Å². The van der Waals surface area contributed by atoms with E-state index >= 15 is 0 Å². The number of halogens is 2. The normalized spacial score (nSPS) is 11.4. The number of carbonyl (C=O) groups excluding carboxylic acids is 1. The zero-order chi connectivity index (χ0) is 21.6. The van der Waals surface area contributed by atoms with Gasteiger partial charge in [-0.25, -0.2) is 5.43 Å². The van der Waals surface area contributed by atoms with Gasteiger partial charge < -0.3 is 4.18 Å². The summed E-state index contributed by atoms with van der Waals surface area (Å²) in [5.41, 5.74) is 3.62. The van der Waals surface area contributed by atoms with Crippen molar-refractivity contribution in [3.05, 3.63) is 94.0 Å². The van der Waals surface area contributed by atoms with Crippen molar-refractivity contribution in [1.82, 2.24) is 5.43 Å². The Morgan fingerprint density at radius 3 is 2.40 bits per heavy atom. The standard InChI is InChI=1S/C21H16Cl2N2O4S/c22-18-11-10-17(13-19(18)23)30(27,28)29-20-9-5-4-8-16(20)14-24-25-21(26)12-15-6-2-1-3-7-15/h1-11,13-14H,12H2,(H,25,26). The zero-order valence-electron chi connectivity index (χ0n) is 15.5. The third-order valence-electron chi connectivity index (χ3n) is 3.90. The lowest BCUT2D eigenvalue weighted by Crippen LogP contribution is -2.19. The van der Waals surface area contributed by atoms with Gasteiger partial charge in [0.1, 0.15) is 4.90 Å². The lowest BCUT2D eigenvalue weighted by molar-refractivity contribution is -0.120. The average Bonchev–Trinajstić information content (AvgIpc) is 2.72. The van der Waals surface area contributed by atoms with Gasteiger partial charge in [0.2, 0.25) is 5.91 Å². The number of hydrogen-bond donors (Lipinski definition) is 1. The third-order valence-corrected chi connectivity index (χ3v) is 5.87. The van der Waals surface area contributed by atoms with Crippen molar-refractivity contribution in [2.75, 3.05) is 0 Å². The minimum Gasteiger partial charge on any atom is -0.378 e. The molecule has 3 rings (SSSR count). The van der Waals surface area contributed by atoms with Gasteiger partial charge in [0.05, 0.1) is 22.7 Å². The highest BCUT2D eigenvalue weighted by molar-refractivity contribution is 7.87. The Kier molecular flexibility index (Phi) is 7.10. The van der Waals surface area contributed by atoms with Crippen LogP contribution in [0.5, 0.6) is 5.75 Å². The highest BCUT2D eigenvalue weighted by atomic mass is 35.5. The van der Waals surface area contributed by atoms with Crippen LogP contribution in [0.2, 0.25) is 10.0 Å². The number of benzene rings is 3. The molecule has 0 aliphatic rings. The van der Waals surface area contributed by atoms with E-state index in [0.717, 1.165) is 5.56 Å². The molecule has 0 aromatic heterocycles. The molecule has 0 bridgehead atoms. The molecule has 3 aromatic rings. The highest BCUT2D eigenvalue weighted by Gasteiger charge is 2.19. The number of hydrogen-bond acceptors (Lipinski definition) is 5. The molecule has 3 aromatic carbocycles. The van der Waals surface area contributed by atoms with Crippen LogP contribution in [0.3, 0.4) is 0 Å². The lowest BCUT2D eigenvalue weighted by atomic mass is 10.1. The maximum absolute atomic E-state index is 12.6. The summed E-state index contributed by atoms with van der Waals surface area (Å²) in [6.45, 7) is 0.